The van der Waals surface area contributed by atoms with Gasteiger partial charge in [-0.2, -0.15) is 0 Å². The van der Waals surface area contributed by atoms with Gasteiger partial charge in [-0.15, -0.1) is 0 Å². The number of aryl methyl sites for hydroxylation is 1. The van der Waals surface area contributed by atoms with Crippen molar-refractivity contribution in [3.8, 4) is 0 Å². The maximum atomic E-state index is 13.1. The quantitative estimate of drug-likeness (QED) is 0.795. The smallest absolute Gasteiger partial charge is 0.236 e. The lowest BCUT2D eigenvalue weighted by molar-refractivity contribution is -0.132. The number of carbonyl (C=O) groups excluding carboxylic acids is 1. The SMILES string of the molecule is Cc1cccc(N2CCN(C(=O)CN3CCN(c4ccc(F)cc4)CC3)CC2)c1. The number of amides is 1. The van der Waals surface area contributed by atoms with Gasteiger partial charge in [-0.25, -0.2) is 4.39 Å². The van der Waals surface area contributed by atoms with E-state index in [-0.39, 0.29) is 11.7 Å². The van der Waals surface area contributed by atoms with Crippen molar-refractivity contribution in [1.82, 2.24) is 9.80 Å². The highest BCUT2D eigenvalue weighted by Gasteiger charge is 2.25. The molecule has 0 spiro atoms. The second-order valence-corrected chi connectivity index (χ2v) is 7.95. The molecule has 2 aromatic rings. The molecule has 2 saturated heterocycles. The third kappa shape index (κ3) is 4.88. The van der Waals surface area contributed by atoms with Crippen molar-refractivity contribution in [3.63, 3.8) is 0 Å². The zero-order valence-corrected chi connectivity index (χ0v) is 17.1. The summed E-state index contributed by atoms with van der Waals surface area (Å²) < 4.78 is 13.1. The molecular weight excluding hydrogens is 367 g/mol. The van der Waals surface area contributed by atoms with Gasteiger partial charge in [0.05, 0.1) is 6.54 Å². The van der Waals surface area contributed by atoms with E-state index in [9.17, 15) is 9.18 Å². The summed E-state index contributed by atoms with van der Waals surface area (Å²) in [5.41, 5.74) is 3.56. The Morgan fingerprint density at radius 3 is 2.10 bits per heavy atom. The highest BCUT2D eigenvalue weighted by atomic mass is 19.1. The summed E-state index contributed by atoms with van der Waals surface area (Å²) in [7, 11) is 0. The first-order valence-electron chi connectivity index (χ1n) is 10.4. The predicted molar refractivity (Wildman–Crippen MR) is 115 cm³/mol. The molecule has 2 aliphatic rings. The number of rotatable bonds is 4. The summed E-state index contributed by atoms with van der Waals surface area (Å²) in [6.07, 6.45) is 0. The number of anilines is 2. The van der Waals surface area contributed by atoms with Crippen molar-refractivity contribution in [3.05, 3.63) is 59.9 Å². The number of nitrogens with zero attached hydrogens (tertiary/aromatic N) is 4. The van der Waals surface area contributed by atoms with Crippen LogP contribution in [-0.2, 0) is 4.79 Å². The number of hydrogen-bond acceptors (Lipinski definition) is 4. The molecule has 0 bridgehead atoms. The minimum Gasteiger partial charge on any atom is -0.369 e. The van der Waals surface area contributed by atoms with E-state index >= 15 is 0 Å². The lowest BCUT2D eigenvalue weighted by Gasteiger charge is -2.39. The van der Waals surface area contributed by atoms with Gasteiger partial charge in [-0.05, 0) is 48.9 Å². The van der Waals surface area contributed by atoms with E-state index in [2.05, 4.69) is 45.9 Å². The molecule has 0 radical (unpaired) electrons. The zero-order valence-electron chi connectivity index (χ0n) is 17.1. The molecule has 5 nitrogen and oxygen atoms in total. The van der Waals surface area contributed by atoms with Gasteiger partial charge in [-0.3, -0.25) is 9.69 Å². The molecule has 4 rings (SSSR count). The Hall–Kier alpha value is -2.60. The van der Waals surface area contributed by atoms with E-state index < -0.39 is 0 Å². The first-order chi connectivity index (χ1) is 14.1. The first-order valence-corrected chi connectivity index (χ1v) is 10.4. The molecule has 154 valence electrons. The third-order valence-electron chi connectivity index (χ3n) is 5.92. The molecule has 0 aromatic heterocycles. The van der Waals surface area contributed by atoms with Gasteiger partial charge >= 0.3 is 0 Å². The largest absolute Gasteiger partial charge is 0.369 e. The molecule has 1 amide bonds. The lowest BCUT2D eigenvalue weighted by atomic mass is 10.2. The molecule has 29 heavy (non-hydrogen) atoms. The summed E-state index contributed by atoms with van der Waals surface area (Å²) in [6.45, 7) is 9.35. The maximum absolute atomic E-state index is 13.1. The standard InChI is InChI=1S/C23H29FN4O/c1-19-3-2-4-22(17-19)27-13-15-28(16-14-27)23(29)18-25-9-11-26(12-10-25)21-7-5-20(24)6-8-21/h2-8,17H,9-16,18H2,1H3. The number of benzene rings is 2. The van der Waals surface area contributed by atoms with E-state index in [4.69, 9.17) is 0 Å². The van der Waals surface area contributed by atoms with Crippen LogP contribution in [0.2, 0.25) is 0 Å². The molecule has 2 heterocycles. The topological polar surface area (TPSA) is 30.0 Å². The van der Waals surface area contributed by atoms with E-state index in [0.29, 0.717) is 6.54 Å². The van der Waals surface area contributed by atoms with Gasteiger partial charge in [0.25, 0.3) is 0 Å². The van der Waals surface area contributed by atoms with Crippen LogP contribution in [0.25, 0.3) is 0 Å². The summed E-state index contributed by atoms with van der Waals surface area (Å²) in [5.74, 6) is 0.0182. The highest BCUT2D eigenvalue weighted by Crippen LogP contribution is 2.19. The van der Waals surface area contributed by atoms with Gasteiger partial charge < -0.3 is 14.7 Å². The van der Waals surface area contributed by atoms with Gasteiger partial charge in [0.1, 0.15) is 5.82 Å². The van der Waals surface area contributed by atoms with Gasteiger partial charge in [-0.1, -0.05) is 12.1 Å². The first kappa shape index (κ1) is 19.7. The fourth-order valence-corrected chi connectivity index (χ4v) is 4.15. The number of carbonyl (C=O) groups is 1. The van der Waals surface area contributed by atoms with Crippen LogP contribution in [0.1, 0.15) is 5.56 Å². The Labute approximate surface area is 172 Å². The summed E-state index contributed by atoms with van der Waals surface area (Å²) in [4.78, 5) is 21.6. The van der Waals surface area contributed by atoms with E-state index in [1.807, 2.05) is 17.0 Å². The summed E-state index contributed by atoms with van der Waals surface area (Å²) in [6, 6.07) is 15.2. The number of hydrogen-bond donors (Lipinski definition) is 0. The van der Waals surface area contributed by atoms with E-state index in [1.165, 1.54) is 23.4 Å². The van der Waals surface area contributed by atoms with Crippen LogP contribution in [0.4, 0.5) is 15.8 Å². The molecule has 2 aliphatic heterocycles. The fourth-order valence-electron chi connectivity index (χ4n) is 4.15. The highest BCUT2D eigenvalue weighted by molar-refractivity contribution is 5.78. The Bertz CT molecular complexity index is 825. The maximum Gasteiger partial charge on any atom is 0.236 e. The minimum atomic E-state index is -0.208. The molecule has 0 saturated carbocycles. The Kier molecular flexibility index (Phi) is 6.00. The normalized spacial score (nSPS) is 18.2. The van der Waals surface area contributed by atoms with Crippen LogP contribution in [0.5, 0.6) is 0 Å². The van der Waals surface area contributed by atoms with Crippen LogP contribution < -0.4 is 9.80 Å². The van der Waals surface area contributed by atoms with E-state index in [1.54, 1.807) is 0 Å². The van der Waals surface area contributed by atoms with Crippen LogP contribution in [0.3, 0.4) is 0 Å². The average molecular weight is 397 g/mol. The Balaban J connectivity index is 1.23. The number of piperazine rings is 2. The predicted octanol–water partition coefficient (Wildman–Crippen LogP) is 2.60. The summed E-state index contributed by atoms with van der Waals surface area (Å²) in [5, 5.41) is 0. The van der Waals surface area contributed by atoms with Crippen LogP contribution in [-0.4, -0.2) is 74.6 Å². The minimum absolute atomic E-state index is 0.208. The van der Waals surface area contributed by atoms with Gasteiger partial charge in [0.15, 0.2) is 0 Å². The molecule has 2 aromatic carbocycles. The van der Waals surface area contributed by atoms with Crippen molar-refractivity contribution in [2.45, 2.75) is 6.92 Å². The second kappa shape index (κ2) is 8.82. The van der Waals surface area contributed by atoms with Crippen molar-refractivity contribution in [1.29, 1.82) is 0 Å². The zero-order chi connectivity index (χ0) is 20.2. The second-order valence-electron chi connectivity index (χ2n) is 7.95. The van der Waals surface area contributed by atoms with Crippen molar-refractivity contribution >= 4 is 17.3 Å². The average Bonchev–Trinajstić information content (AvgIpc) is 2.75. The van der Waals surface area contributed by atoms with Crippen LogP contribution >= 0.6 is 0 Å². The molecule has 0 aliphatic carbocycles. The monoisotopic (exact) mass is 396 g/mol. The third-order valence-corrected chi connectivity index (χ3v) is 5.92. The summed E-state index contributed by atoms with van der Waals surface area (Å²) >= 11 is 0. The molecule has 0 atom stereocenters. The van der Waals surface area contributed by atoms with Crippen molar-refractivity contribution in [2.75, 3.05) is 68.7 Å². The van der Waals surface area contributed by atoms with E-state index in [0.717, 1.165) is 58.0 Å². The Morgan fingerprint density at radius 2 is 1.45 bits per heavy atom. The Morgan fingerprint density at radius 1 is 0.828 bits per heavy atom. The molecule has 0 unspecified atom stereocenters. The fraction of sp³-hybridized carbons (Fsp3) is 0.435. The molecule has 2 fully saturated rings. The molecule has 6 heteroatoms. The molecule has 0 N–H and O–H groups in total. The lowest BCUT2D eigenvalue weighted by Crippen LogP contribution is -2.54. The molecular formula is C23H29FN4O. The number of halogens is 1. The van der Waals surface area contributed by atoms with Crippen LogP contribution in [0.15, 0.2) is 48.5 Å². The van der Waals surface area contributed by atoms with Crippen molar-refractivity contribution in [2.24, 2.45) is 0 Å². The van der Waals surface area contributed by atoms with Crippen LogP contribution in [0, 0.1) is 12.7 Å². The van der Waals surface area contributed by atoms with Crippen molar-refractivity contribution < 1.29 is 9.18 Å². The van der Waals surface area contributed by atoms with Gasteiger partial charge in [0.2, 0.25) is 5.91 Å². The van der Waals surface area contributed by atoms with Gasteiger partial charge in [0, 0.05) is 63.7 Å².